The summed E-state index contributed by atoms with van der Waals surface area (Å²) >= 11 is 8.90. The van der Waals surface area contributed by atoms with E-state index in [4.69, 9.17) is 27.1 Å². The van der Waals surface area contributed by atoms with Crippen molar-refractivity contribution < 1.29 is 14.3 Å². The molecule has 2 aromatic heterocycles. The van der Waals surface area contributed by atoms with Crippen LogP contribution < -0.4 is 11.1 Å². The Morgan fingerprint density at radius 3 is 2.68 bits per heavy atom. The van der Waals surface area contributed by atoms with Gasteiger partial charge in [-0.05, 0) is 59.5 Å². The fraction of sp³-hybridized carbons (Fsp3) is 0.320. The lowest BCUT2D eigenvalue weighted by Gasteiger charge is -2.24. The van der Waals surface area contributed by atoms with Crippen LogP contribution in [0.2, 0.25) is 5.02 Å². The zero-order valence-corrected chi connectivity index (χ0v) is 20.9. The number of rotatable bonds is 10. The molecule has 0 bridgehead atoms. The number of pyridine rings is 1. The molecule has 1 aliphatic heterocycles. The van der Waals surface area contributed by atoms with Gasteiger partial charge in [0.15, 0.2) is 5.78 Å². The number of carbonyl (C=O) groups is 2. The number of amides is 1. The standard InChI is InChI=1S/C25H26ClN3O3S2/c26-19-4-1-2-6-22(19)34-24(25(27)31)21(30)14-18(16-10-13-33-15-16)20-5-3-7-23(29-20)28-17-8-11-32-12-9-17/h1-7,10,13,15,17-18,24H,8-9,11-12,14H2,(H2,27,31)(H,28,29). The Labute approximate surface area is 212 Å². The topological polar surface area (TPSA) is 94.3 Å². The largest absolute Gasteiger partial charge is 0.381 e. The van der Waals surface area contributed by atoms with Gasteiger partial charge in [-0.2, -0.15) is 11.3 Å². The number of ketones is 1. The molecule has 4 rings (SSSR count). The van der Waals surface area contributed by atoms with Crippen molar-refractivity contribution in [3.8, 4) is 0 Å². The average molecular weight is 516 g/mol. The number of thioether (sulfide) groups is 1. The van der Waals surface area contributed by atoms with Crippen molar-refractivity contribution in [2.75, 3.05) is 18.5 Å². The summed E-state index contributed by atoms with van der Waals surface area (Å²) in [6, 6.07) is 15.2. The number of thiophene rings is 1. The second-order valence-electron chi connectivity index (χ2n) is 8.09. The van der Waals surface area contributed by atoms with Crippen molar-refractivity contribution in [3.63, 3.8) is 0 Å². The van der Waals surface area contributed by atoms with Gasteiger partial charge in [0.2, 0.25) is 5.91 Å². The number of hydrogen-bond acceptors (Lipinski definition) is 7. The number of nitrogens with zero attached hydrogens (tertiary/aromatic N) is 1. The average Bonchev–Trinajstić information content (AvgIpc) is 3.37. The molecule has 2 unspecified atom stereocenters. The first-order valence-electron chi connectivity index (χ1n) is 11.1. The number of anilines is 1. The van der Waals surface area contributed by atoms with Crippen molar-refractivity contribution in [3.05, 3.63) is 75.6 Å². The molecule has 0 saturated carbocycles. The van der Waals surface area contributed by atoms with Gasteiger partial charge in [0.05, 0.1) is 10.7 Å². The lowest BCUT2D eigenvalue weighted by atomic mass is 9.91. The minimum Gasteiger partial charge on any atom is -0.381 e. The zero-order valence-electron chi connectivity index (χ0n) is 18.5. The quantitative estimate of drug-likeness (QED) is 0.287. The molecular formula is C25H26ClN3O3S2. The first-order valence-corrected chi connectivity index (χ1v) is 13.3. The maximum absolute atomic E-state index is 13.4. The van der Waals surface area contributed by atoms with Gasteiger partial charge in [0, 0.05) is 36.5 Å². The first-order chi connectivity index (χ1) is 16.5. The van der Waals surface area contributed by atoms with E-state index in [0.717, 1.165) is 54.9 Å². The van der Waals surface area contributed by atoms with Crippen LogP contribution in [-0.4, -0.2) is 41.2 Å². The minimum atomic E-state index is -1.04. The zero-order chi connectivity index (χ0) is 23.9. The van der Waals surface area contributed by atoms with Crippen LogP contribution >= 0.6 is 34.7 Å². The summed E-state index contributed by atoms with van der Waals surface area (Å²) in [6.45, 7) is 1.47. The van der Waals surface area contributed by atoms with E-state index in [1.807, 2.05) is 41.1 Å². The summed E-state index contributed by atoms with van der Waals surface area (Å²) in [4.78, 5) is 31.1. The molecule has 3 N–H and O–H groups in total. The van der Waals surface area contributed by atoms with Crippen LogP contribution in [0.5, 0.6) is 0 Å². The summed E-state index contributed by atoms with van der Waals surface area (Å²) < 4.78 is 5.44. The third-order valence-electron chi connectivity index (χ3n) is 5.68. The normalized spacial score (nSPS) is 16.0. The van der Waals surface area contributed by atoms with Gasteiger partial charge in [-0.1, -0.05) is 29.8 Å². The van der Waals surface area contributed by atoms with Crippen LogP contribution in [0.25, 0.3) is 0 Å². The molecule has 1 aliphatic rings. The number of benzene rings is 1. The lowest BCUT2D eigenvalue weighted by Crippen LogP contribution is -2.34. The van der Waals surface area contributed by atoms with Crippen molar-refractivity contribution >= 4 is 52.2 Å². The van der Waals surface area contributed by atoms with Crippen molar-refractivity contribution in [1.82, 2.24) is 4.98 Å². The summed E-state index contributed by atoms with van der Waals surface area (Å²) in [6.07, 6.45) is 1.96. The Balaban J connectivity index is 1.55. The SMILES string of the molecule is NC(=O)C(Sc1ccccc1Cl)C(=O)CC(c1ccsc1)c1cccc(NC2CCOCC2)n1. The molecule has 2 atom stereocenters. The molecule has 3 heterocycles. The Kier molecular flexibility index (Phi) is 8.61. The van der Waals surface area contributed by atoms with Crippen molar-refractivity contribution in [2.45, 2.75) is 41.4 Å². The minimum absolute atomic E-state index is 0.107. The Hall–Kier alpha value is -2.39. The van der Waals surface area contributed by atoms with Crippen LogP contribution in [0, 0.1) is 0 Å². The highest BCUT2D eigenvalue weighted by atomic mass is 35.5. The van der Waals surface area contributed by atoms with Gasteiger partial charge in [-0.25, -0.2) is 4.98 Å². The number of nitrogens with two attached hydrogens (primary N) is 1. The molecule has 178 valence electrons. The van der Waals surface area contributed by atoms with E-state index in [1.54, 1.807) is 29.5 Å². The highest BCUT2D eigenvalue weighted by Crippen LogP contribution is 2.35. The molecule has 0 aliphatic carbocycles. The second-order valence-corrected chi connectivity index (χ2v) is 10.4. The van der Waals surface area contributed by atoms with Gasteiger partial charge in [0.25, 0.3) is 0 Å². The van der Waals surface area contributed by atoms with E-state index >= 15 is 0 Å². The number of carbonyl (C=O) groups excluding carboxylic acids is 2. The third-order valence-corrected chi connectivity index (χ3v) is 8.17. The molecule has 34 heavy (non-hydrogen) atoms. The number of hydrogen-bond donors (Lipinski definition) is 2. The summed E-state index contributed by atoms with van der Waals surface area (Å²) in [5.74, 6) is -0.446. The van der Waals surface area contributed by atoms with E-state index in [1.165, 1.54) is 0 Å². The van der Waals surface area contributed by atoms with Crippen molar-refractivity contribution in [2.24, 2.45) is 5.73 Å². The summed E-state index contributed by atoms with van der Waals surface area (Å²) in [7, 11) is 0. The van der Waals surface area contributed by atoms with Crippen LogP contribution in [0.3, 0.4) is 0 Å². The van der Waals surface area contributed by atoms with Crippen LogP contribution in [0.15, 0.2) is 64.2 Å². The monoisotopic (exact) mass is 515 g/mol. The van der Waals surface area contributed by atoms with Gasteiger partial charge in [-0.3, -0.25) is 9.59 Å². The maximum Gasteiger partial charge on any atom is 0.238 e. The van der Waals surface area contributed by atoms with E-state index in [-0.39, 0.29) is 18.1 Å². The predicted octanol–water partition coefficient (Wildman–Crippen LogP) is 5.12. The first kappa shape index (κ1) is 24.7. The van der Waals surface area contributed by atoms with Gasteiger partial charge in [0.1, 0.15) is 11.1 Å². The number of halogens is 1. The smallest absolute Gasteiger partial charge is 0.238 e. The number of primary amides is 1. The number of nitrogens with one attached hydrogen (secondary N) is 1. The van der Waals surface area contributed by atoms with E-state index in [9.17, 15) is 9.59 Å². The van der Waals surface area contributed by atoms with E-state index in [2.05, 4.69) is 5.32 Å². The second kappa shape index (κ2) is 11.8. The molecule has 3 aromatic rings. The van der Waals surface area contributed by atoms with Gasteiger partial charge >= 0.3 is 0 Å². The molecule has 0 radical (unpaired) electrons. The van der Waals surface area contributed by atoms with Gasteiger partial charge < -0.3 is 15.8 Å². The lowest BCUT2D eigenvalue weighted by molar-refractivity contribution is -0.125. The third kappa shape index (κ3) is 6.39. The van der Waals surface area contributed by atoms with Gasteiger partial charge in [-0.15, -0.1) is 11.8 Å². The van der Waals surface area contributed by atoms with Crippen LogP contribution in [-0.2, 0) is 14.3 Å². The van der Waals surface area contributed by atoms with E-state index in [0.29, 0.717) is 16.0 Å². The summed E-state index contributed by atoms with van der Waals surface area (Å²) in [5, 5.41) is 6.92. The molecule has 1 amide bonds. The molecular weight excluding hydrogens is 490 g/mol. The van der Waals surface area contributed by atoms with E-state index < -0.39 is 11.2 Å². The van der Waals surface area contributed by atoms with Crippen molar-refractivity contribution in [1.29, 1.82) is 0 Å². The molecule has 1 aromatic carbocycles. The van der Waals surface area contributed by atoms with Crippen LogP contribution in [0.1, 0.15) is 36.4 Å². The van der Waals surface area contributed by atoms with Crippen LogP contribution in [0.4, 0.5) is 5.82 Å². The Morgan fingerprint density at radius 2 is 1.97 bits per heavy atom. The number of Topliss-reactive ketones (excluding diaryl/α,β-unsaturated/α-hetero) is 1. The number of aromatic nitrogens is 1. The predicted molar refractivity (Wildman–Crippen MR) is 138 cm³/mol. The number of ether oxygens (including phenoxy) is 1. The fourth-order valence-electron chi connectivity index (χ4n) is 3.90. The fourth-order valence-corrected chi connectivity index (χ4v) is 5.82. The Morgan fingerprint density at radius 1 is 1.18 bits per heavy atom. The molecule has 0 spiro atoms. The highest BCUT2D eigenvalue weighted by molar-refractivity contribution is 8.01. The maximum atomic E-state index is 13.4. The highest BCUT2D eigenvalue weighted by Gasteiger charge is 2.30. The molecule has 6 nitrogen and oxygen atoms in total. The molecule has 1 fully saturated rings. The molecule has 9 heteroatoms. The Bertz CT molecular complexity index is 1120. The molecule has 1 saturated heterocycles. The summed E-state index contributed by atoms with van der Waals surface area (Å²) in [5.41, 5.74) is 7.40.